The van der Waals surface area contributed by atoms with E-state index in [1.54, 1.807) is 27.2 Å². The van der Waals surface area contributed by atoms with E-state index in [2.05, 4.69) is 15.8 Å². The molecule has 146 valence electrons. The van der Waals surface area contributed by atoms with Gasteiger partial charge >= 0.3 is 0 Å². The Morgan fingerprint density at radius 1 is 1.11 bits per heavy atom. The lowest BCUT2D eigenvalue weighted by molar-refractivity contribution is -0.118. The molecule has 0 bridgehead atoms. The first-order valence-corrected chi connectivity index (χ1v) is 8.84. The van der Waals surface area contributed by atoms with Gasteiger partial charge in [-0.15, -0.1) is 0 Å². The molecule has 2 N–H and O–H groups in total. The van der Waals surface area contributed by atoms with Gasteiger partial charge in [0.15, 0.2) is 17.3 Å². The van der Waals surface area contributed by atoms with Crippen molar-refractivity contribution in [3.8, 4) is 11.5 Å². The highest BCUT2D eigenvalue weighted by atomic mass is 16.5. The molecule has 3 rings (SSSR count). The molecule has 0 saturated carbocycles. The van der Waals surface area contributed by atoms with Gasteiger partial charge in [0.1, 0.15) is 11.8 Å². The molecule has 0 saturated heterocycles. The number of para-hydroxylation sites is 1. The zero-order valence-corrected chi connectivity index (χ0v) is 16.1. The number of amides is 1. The fourth-order valence-electron chi connectivity index (χ4n) is 2.94. The van der Waals surface area contributed by atoms with Gasteiger partial charge in [-0.05, 0) is 18.6 Å². The summed E-state index contributed by atoms with van der Waals surface area (Å²) in [5.41, 5.74) is 1.72. The number of carbonyl (C=O) groups excluding carboxylic acids is 1. The molecule has 1 heterocycles. The Kier molecular flexibility index (Phi) is 6.29. The highest BCUT2D eigenvalue weighted by molar-refractivity contribution is 5.94. The lowest BCUT2D eigenvalue weighted by atomic mass is 10.1. The van der Waals surface area contributed by atoms with Gasteiger partial charge in [-0.25, -0.2) is 0 Å². The number of methoxy groups -OCH3 is 2. The minimum Gasteiger partial charge on any atom is -0.493 e. The van der Waals surface area contributed by atoms with Crippen LogP contribution in [0.2, 0.25) is 0 Å². The number of aryl methyl sites for hydroxylation is 1. The first-order chi connectivity index (χ1) is 13.6. The summed E-state index contributed by atoms with van der Waals surface area (Å²) in [4.78, 5) is 12.9. The van der Waals surface area contributed by atoms with Crippen molar-refractivity contribution in [2.45, 2.75) is 19.5 Å². The van der Waals surface area contributed by atoms with Crippen LogP contribution < -0.4 is 20.1 Å². The number of benzene rings is 2. The van der Waals surface area contributed by atoms with Gasteiger partial charge in [-0.3, -0.25) is 10.1 Å². The molecule has 7 heteroatoms. The SMILES string of the molecule is COc1cccc(CNC(C(=O)Nc2cc(C)on2)c2ccccc2)c1OC. The highest BCUT2D eigenvalue weighted by Gasteiger charge is 2.22. The zero-order chi connectivity index (χ0) is 19.9. The van der Waals surface area contributed by atoms with Crippen molar-refractivity contribution in [2.24, 2.45) is 0 Å². The molecule has 1 atom stereocenters. The molecule has 0 aliphatic carbocycles. The molecule has 1 amide bonds. The van der Waals surface area contributed by atoms with E-state index >= 15 is 0 Å². The van der Waals surface area contributed by atoms with E-state index in [0.29, 0.717) is 29.6 Å². The van der Waals surface area contributed by atoms with E-state index in [4.69, 9.17) is 14.0 Å². The Morgan fingerprint density at radius 2 is 1.89 bits per heavy atom. The smallest absolute Gasteiger partial charge is 0.247 e. The molecule has 0 aliphatic rings. The van der Waals surface area contributed by atoms with Crippen molar-refractivity contribution in [2.75, 3.05) is 19.5 Å². The highest BCUT2D eigenvalue weighted by Crippen LogP contribution is 2.31. The molecule has 0 aliphatic heterocycles. The number of hydrogen-bond acceptors (Lipinski definition) is 6. The lowest BCUT2D eigenvalue weighted by Crippen LogP contribution is -2.33. The molecule has 1 aromatic heterocycles. The van der Waals surface area contributed by atoms with Crippen molar-refractivity contribution >= 4 is 11.7 Å². The van der Waals surface area contributed by atoms with Crippen LogP contribution in [0.5, 0.6) is 11.5 Å². The molecule has 0 radical (unpaired) electrons. The first-order valence-electron chi connectivity index (χ1n) is 8.84. The zero-order valence-electron chi connectivity index (χ0n) is 16.1. The van der Waals surface area contributed by atoms with E-state index in [9.17, 15) is 4.79 Å². The Bertz CT molecular complexity index is 924. The topological polar surface area (TPSA) is 85.6 Å². The predicted molar refractivity (Wildman–Crippen MR) is 105 cm³/mol. The van der Waals surface area contributed by atoms with Gasteiger partial charge in [-0.1, -0.05) is 47.6 Å². The fourth-order valence-corrected chi connectivity index (χ4v) is 2.94. The third kappa shape index (κ3) is 4.50. The summed E-state index contributed by atoms with van der Waals surface area (Å²) in [5, 5.41) is 9.91. The summed E-state index contributed by atoms with van der Waals surface area (Å²) in [7, 11) is 3.19. The Labute approximate surface area is 163 Å². The molecule has 0 fully saturated rings. The standard InChI is InChI=1S/C21H23N3O4/c1-14-12-18(24-28-14)23-21(25)19(15-8-5-4-6-9-15)22-13-16-10-7-11-17(26-2)20(16)27-3/h4-12,19,22H,13H2,1-3H3,(H,23,24,25). The van der Waals surface area contributed by atoms with E-state index in [1.165, 1.54) is 0 Å². The van der Waals surface area contributed by atoms with E-state index < -0.39 is 6.04 Å². The molecule has 2 aromatic carbocycles. The van der Waals surface area contributed by atoms with Crippen molar-refractivity contribution < 1.29 is 18.8 Å². The molecule has 28 heavy (non-hydrogen) atoms. The fraction of sp³-hybridized carbons (Fsp3) is 0.238. The second kappa shape index (κ2) is 9.05. The number of hydrogen-bond donors (Lipinski definition) is 2. The second-order valence-electron chi connectivity index (χ2n) is 6.19. The second-order valence-corrected chi connectivity index (χ2v) is 6.19. The quantitative estimate of drug-likeness (QED) is 0.621. The Balaban J connectivity index is 1.81. The van der Waals surface area contributed by atoms with Crippen LogP contribution in [-0.2, 0) is 11.3 Å². The maximum absolute atomic E-state index is 12.9. The summed E-state index contributed by atoms with van der Waals surface area (Å²) in [6, 6.07) is 16.2. The summed E-state index contributed by atoms with van der Waals surface area (Å²) in [6.45, 7) is 2.18. The largest absolute Gasteiger partial charge is 0.493 e. The van der Waals surface area contributed by atoms with Crippen LogP contribution in [0.1, 0.15) is 22.9 Å². The van der Waals surface area contributed by atoms with Gasteiger partial charge in [-0.2, -0.15) is 0 Å². The van der Waals surface area contributed by atoms with Crippen LogP contribution in [0.15, 0.2) is 59.1 Å². The number of rotatable bonds is 8. The average molecular weight is 381 g/mol. The third-order valence-corrected chi connectivity index (χ3v) is 4.26. The van der Waals surface area contributed by atoms with Crippen molar-refractivity contribution in [1.82, 2.24) is 10.5 Å². The minimum atomic E-state index is -0.589. The number of aromatic nitrogens is 1. The van der Waals surface area contributed by atoms with Crippen LogP contribution in [0.25, 0.3) is 0 Å². The summed E-state index contributed by atoms with van der Waals surface area (Å²) in [6.07, 6.45) is 0. The lowest BCUT2D eigenvalue weighted by Gasteiger charge is -2.19. The van der Waals surface area contributed by atoms with Gasteiger partial charge in [0.25, 0.3) is 0 Å². The normalized spacial score (nSPS) is 11.7. The molecular formula is C21H23N3O4. The number of anilines is 1. The minimum absolute atomic E-state index is 0.235. The van der Waals surface area contributed by atoms with Crippen LogP contribution in [0, 0.1) is 6.92 Å². The van der Waals surface area contributed by atoms with Gasteiger partial charge in [0.05, 0.1) is 14.2 Å². The first kappa shape index (κ1) is 19.4. The molecule has 0 spiro atoms. The van der Waals surface area contributed by atoms with Crippen LogP contribution in [0.3, 0.4) is 0 Å². The predicted octanol–water partition coefficient (Wildman–Crippen LogP) is 3.47. The van der Waals surface area contributed by atoms with Crippen LogP contribution >= 0.6 is 0 Å². The maximum atomic E-state index is 12.9. The molecule has 1 unspecified atom stereocenters. The van der Waals surface area contributed by atoms with E-state index in [0.717, 1.165) is 11.1 Å². The van der Waals surface area contributed by atoms with Crippen LogP contribution in [-0.4, -0.2) is 25.3 Å². The monoisotopic (exact) mass is 381 g/mol. The van der Waals surface area contributed by atoms with E-state index in [1.807, 2.05) is 48.5 Å². The molecule has 3 aromatic rings. The summed E-state index contributed by atoms with van der Waals surface area (Å²) >= 11 is 0. The van der Waals surface area contributed by atoms with Crippen molar-refractivity contribution in [3.63, 3.8) is 0 Å². The van der Waals surface area contributed by atoms with Gasteiger partial charge in [0, 0.05) is 18.2 Å². The van der Waals surface area contributed by atoms with Crippen molar-refractivity contribution in [3.05, 3.63) is 71.5 Å². The third-order valence-electron chi connectivity index (χ3n) is 4.26. The van der Waals surface area contributed by atoms with Crippen molar-refractivity contribution in [1.29, 1.82) is 0 Å². The summed E-state index contributed by atoms with van der Waals surface area (Å²) in [5.74, 6) is 2.05. The van der Waals surface area contributed by atoms with Gasteiger partial charge in [0.2, 0.25) is 5.91 Å². The maximum Gasteiger partial charge on any atom is 0.247 e. The Morgan fingerprint density at radius 3 is 2.54 bits per heavy atom. The van der Waals surface area contributed by atoms with Gasteiger partial charge < -0.3 is 19.3 Å². The Hall–Kier alpha value is -3.32. The average Bonchev–Trinajstić information content (AvgIpc) is 3.13. The summed E-state index contributed by atoms with van der Waals surface area (Å²) < 4.78 is 15.8. The van der Waals surface area contributed by atoms with E-state index in [-0.39, 0.29) is 5.91 Å². The number of nitrogens with zero attached hydrogens (tertiary/aromatic N) is 1. The molecule has 7 nitrogen and oxygen atoms in total. The number of ether oxygens (including phenoxy) is 2. The molecular weight excluding hydrogens is 358 g/mol. The number of carbonyl (C=O) groups is 1. The number of nitrogens with one attached hydrogen (secondary N) is 2. The van der Waals surface area contributed by atoms with Crippen LogP contribution in [0.4, 0.5) is 5.82 Å².